The Morgan fingerprint density at radius 3 is 2.85 bits per heavy atom. The number of hydrogen-bond donors (Lipinski definition) is 1. The lowest BCUT2D eigenvalue weighted by atomic mass is 9.97. The molecular formula is C15H18N2O3. The molecule has 1 aliphatic rings. The lowest BCUT2D eigenvalue weighted by Gasteiger charge is -2.38. The zero-order valence-corrected chi connectivity index (χ0v) is 11.4. The quantitative estimate of drug-likeness (QED) is 0.829. The molecule has 1 saturated heterocycles. The van der Waals surface area contributed by atoms with Crippen molar-refractivity contribution >= 4 is 11.8 Å². The number of carbonyl (C=O) groups is 2. The molecule has 0 aromatic heterocycles. The summed E-state index contributed by atoms with van der Waals surface area (Å²) in [5, 5.41) is 2.72. The van der Waals surface area contributed by atoms with Crippen LogP contribution in [0.25, 0.3) is 0 Å². The Hall–Kier alpha value is -2.14. The summed E-state index contributed by atoms with van der Waals surface area (Å²) in [7, 11) is 1.69. The van der Waals surface area contributed by atoms with E-state index in [2.05, 4.69) is 11.9 Å². The number of benzene rings is 1. The van der Waals surface area contributed by atoms with Gasteiger partial charge in [-0.2, -0.15) is 0 Å². The van der Waals surface area contributed by atoms with E-state index in [9.17, 15) is 9.59 Å². The normalized spacial score (nSPS) is 22.4. The molecule has 5 heteroatoms. The first-order chi connectivity index (χ1) is 9.65. The molecule has 0 radical (unpaired) electrons. The van der Waals surface area contributed by atoms with Crippen LogP contribution < -0.4 is 5.32 Å². The van der Waals surface area contributed by atoms with Gasteiger partial charge in [-0.15, -0.1) is 6.58 Å². The molecule has 106 valence electrons. The average molecular weight is 274 g/mol. The van der Waals surface area contributed by atoms with Crippen molar-refractivity contribution in [1.82, 2.24) is 10.2 Å². The molecule has 0 bridgehead atoms. The molecule has 2 atom stereocenters. The van der Waals surface area contributed by atoms with Gasteiger partial charge in [0.2, 0.25) is 5.91 Å². The maximum atomic E-state index is 12.2. The molecule has 2 amide bonds. The van der Waals surface area contributed by atoms with Gasteiger partial charge in [-0.1, -0.05) is 36.4 Å². The third kappa shape index (κ3) is 2.88. The van der Waals surface area contributed by atoms with E-state index in [0.717, 1.165) is 5.56 Å². The summed E-state index contributed by atoms with van der Waals surface area (Å²) in [6.45, 7) is 3.86. The van der Waals surface area contributed by atoms with Crippen molar-refractivity contribution in [3.05, 3.63) is 48.6 Å². The molecule has 1 fully saturated rings. The van der Waals surface area contributed by atoms with Crippen LogP contribution in [0.4, 0.5) is 0 Å². The van der Waals surface area contributed by atoms with E-state index in [4.69, 9.17) is 4.74 Å². The van der Waals surface area contributed by atoms with Crippen molar-refractivity contribution in [3.63, 3.8) is 0 Å². The molecule has 1 aliphatic heterocycles. The molecule has 0 spiro atoms. The Kier molecular flexibility index (Phi) is 4.53. The molecule has 20 heavy (non-hydrogen) atoms. The van der Waals surface area contributed by atoms with Crippen LogP contribution in [0.2, 0.25) is 0 Å². The van der Waals surface area contributed by atoms with Gasteiger partial charge in [0.1, 0.15) is 6.61 Å². The largest absolute Gasteiger partial charge is 0.356 e. The average Bonchev–Trinajstić information content (AvgIpc) is 2.48. The number of amides is 2. The molecule has 0 unspecified atom stereocenters. The molecule has 1 aromatic rings. The minimum atomic E-state index is -0.708. The Labute approximate surface area is 118 Å². The zero-order chi connectivity index (χ0) is 14.5. The summed E-state index contributed by atoms with van der Waals surface area (Å²) in [4.78, 5) is 25.6. The monoisotopic (exact) mass is 274 g/mol. The minimum absolute atomic E-state index is 0.0774. The number of likely N-dealkylation sites (N-methyl/N-ethyl adjacent to an activating group) is 1. The van der Waals surface area contributed by atoms with Crippen LogP contribution in [0.3, 0.4) is 0 Å². The van der Waals surface area contributed by atoms with Gasteiger partial charge < -0.3 is 15.0 Å². The molecule has 0 saturated carbocycles. The first kappa shape index (κ1) is 14.3. The van der Waals surface area contributed by atoms with Gasteiger partial charge in [-0.05, 0) is 5.56 Å². The van der Waals surface area contributed by atoms with Gasteiger partial charge in [-0.25, -0.2) is 0 Å². The fourth-order valence-electron chi connectivity index (χ4n) is 2.25. The van der Waals surface area contributed by atoms with E-state index >= 15 is 0 Å². The van der Waals surface area contributed by atoms with Crippen molar-refractivity contribution < 1.29 is 14.3 Å². The van der Waals surface area contributed by atoms with Gasteiger partial charge in [-0.3, -0.25) is 9.59 Å². The summed E-state index contributed by atoms with van der Waals surface area (Å²) in [5.74, 6) is -0.371. The third-order valence-corrected chi connectivity index (χ3v) is 3.30. The standard InChI is InChI=1S/C15H18N2O3/c1-3-9-16-15(19)14-13(11-7-5-4-6-8-11)17(2)12(18)10-20-14/h3-8,13-14H,1,9-10H2,2H3,(H,16,19)/t13-,14+/m0/s1. The van der Waals surface area contributed by atoms with Crippen molar-refractivity contribution in [1.29, 1.82) is 0 Å². The Morgan fingerprint density at radius 2 is 2.20 bits per heavy atom. The summed E-state index contributed by atoms with van der Waals surface area (Å²) < 4.78 is 5.45. The first-order valence-electron chi connectivity index (χ1n) is 6.46. The number of rotatable bonds is 4. The van der Waals surface area contributed by atoms with Gasteiger partial charge in [0.05, 0.1) is 6.04 Å². The highest BCUT2D eigenvalue weighted by atomic mass is 16.5. The lowest BCUT2D eigenvalue weighted by molar-refractivity contribution is -0.162. The lowest BCUT2D eigenvalue weighted by Crippen LogP contribution is -2.53. The molecule has 2 rings (SSSR count). The van der Waals surface area contributed by atoms with Gasteiger partial charge in [0, 0.05) is 13.6 Å². The highest BCUT2D eigenvalue weighted by Gasteiger charge is 2.39. The summed E-state index contributed by atoms with van der Waals surface area (Å²) in [6, 6.07) is 9.00. The molecular weight excluding hydrogens is 256 g/mol. The second kappa shape index (κ2) is 6.34. The summed E-state index contributed by atoms with van der Waals surface area (Å²) >= 11 is 0. The highest BCUT2D eigenvalue weighted by molar-refractivity contribution is 5.86. The van der Waals surface area contributed by atoms with Crippen LogP contribution >= 0.6 is 0 Å². The van der Waals surface area contributed by atoms with E-state index in [0.29, 0.717) is 6.54 Å². The van der Waals surface area contributed by atoms with Crippen LogP contribution in [-0.2, 0) is 14.3 Å². The molecule has 1 N–H and O–H groups in total. The van der Waals surface area contributed by atoms with E-state index in [1.807, 2.05) is 30.3 Å². The van der Waals surface area contributed by atoms with Crippen LogP contribution in [0.15, 0.2) is 43.0 Å². The predicted molar refractivity (Wildman–Crippen MR) is 74.9 cm³/mol. The van der Waals surface area contributed by atoms with Gasteiger partial charge >= 0.3 is 0 Å². The smallest absolute Gasteiger partial charge is 0.251 e. The van der Waals surface area contributed by atoms with E-state index in [1.54, 1.807) is 18.0 Å². The van der Waals surface area contributed by atoms with Gasteiger partial charge in [0.25, 0.3) is 5.91 Å². The number of nitrogens with one attached hydrogen (secondary N) is 1. The Bertz CT molecular complexity index is 501. The number of carbonyl (C=O) groups excluding carboxylic acids is 2. The number of hydrogen-bond acceptors (Lipinski definition) is 3. The minimum Gasteiger partial charge on any atom is -0.356 e. The van der Waals surface area contributed by atoms with Crippen molar-refractivity contribution in [2.75, 3.05) is 20.2 Å². The fourth-order valence-corrected chi connectivity index (χ4v) is 2.25. The zero-order valence-electron chi connectivity index (χ0n) is 11.4. The van der Waals surface area contributed by atoms with Crippen molar-refractivity contribution in [3.8, 4) is 0 Å². The van der Waals surface area contributed by atoms with Crippen LogP contribution in [0.1, 0.15) is 11.6 Å². The maximum Gasteiger partial charge on any atom is 0.251 e. The Morgan fingerprint density at radius 1 is 1.50 bits per heavy atom. The number of morpholine rings is 1. The SMILES string of the molecule is C=CCNC(=O)[C@@H]1OCC(=O)N(C)[C@H]1c1ccccc1. The van der Waals surface area contributed by atoms with Crippen LogP contribution in [0.5, 0.6) is 0 Å². The topological polar surface area (TPSA) is 58.6 Å². The molecule has 1 heterocycles. The number of ether oxygens (including phenoxy) is 1. The fraction of sp³-hybridized carbons (Fsp3) is 0.333. The first-order valence-corrected chi connectivity index (χ1v) is 6.46. The molecule has 0 aliphatic carbocycles. The van der Waals surface area contributed by atoms with Crippen LogP contribution in [-0.4, -0.2) is 43.0 Å². The van der Waals surface area contributed by atoms with E-state index in [-0.39, 0.29) is 18.4 Å². The summed E-state index contributed by atoms with van der Waals surface area (Å²) in [6.07, 6.45) is 0.896. The van der Waals surface area contributed by atoms with E-state index < -0.39 is 12.1 Å². The summed E-state index contributed by atoms with van der Waals surface area (Å²) in [5.41, 5.74) is 0.877. The van der Waals surface area contributed by atoms with Crippen molar-refractivity contribution in [2.45, 2.75) is 12.1 Å². The third-order valence-electron chi connectivity index (χ3n) is 3.30. The van der Waals surface area contributed by atoms with Crippen LogP contribution in [0, 0.1) is 0 Å². The number of nitrogens with zero attached hydrogens (tertiary/aromatic N) is 1. The maximum absolute atomic E-state index is 12.2. The van der Waals surface area contributed by atoms with E-state index in [1.165, 1.54) is 0 Å². The second-order valence-electron chi connectivity index (χ2n) is 4.63. The predicted octanol–water partition coefficient (Wildman–Crippen LogP) is 0.887. The highest BCUT2D eigenvalue weighted by Crippen LogP contribution is 2.28. The molecule has 5 nitrogen and oxygen atoms in total. The second-order valence-corrected chi connectivity index (χ2v) is 4.63. The Balaban J connectivity index is 2.26. The molecule has 1 aromatic carbocycles. The van der Waals surface area contributed by atoms with Crippen molar-refractivity contribution in [2.24, 2.45) is 0 Å². The van der Waals surface area contributed by atoms with Gasteiger partial charge in [0.15, 0.2) is 6.10 Å².